The van der Waals surface area contributed by atoms with E-state index in [1.165, 1.54) is 0 Å². The predicted octanol–water partition coefficient (Wildman–Crippen LogP) is 2.67. The number of carbonyl (C=O) groups excluding carboxylic acids is 2. The van der Waals surface area contributed by atoms with Crippen molar-refractivity contribution in [2.24, 2.45) is 0 Å². The molecule has 0 saturated carbocycles. The Morgan fingerprint density at radius 1 is 1.06 bits per heavy atom. The molecule has 5 heteroatoms. The standard InChI is InChI=1S/C12H22O5/c1-4-7-8-10(9-11(13)15-5-2)17-12(14)16-6-3/h10H,4-9H2,1-3H3. The van der Waals surface area contributed by atoms with Gasteiger partial charge in [0.1, 0.15) is 6.10 Å². The maximum absolute atomic E-state index is 11.3. The van der Waals surface area contributed by atoms with E-state index >= 15 is 0 Å². The molecule has 0 bridgehead atoms. The van der Waals surface area contributed by atoms with E-state index in [2.05, 4.69) is 4.74 Å². The molecule has 0 radical (unpaired) electrons. The van der Waals surface area contributed by atoms with Crippen molar-refractivity contribution in [3.8, 4) is 0 Å². The van der Waals surface area contributed by atoms with Crippen molar-refractivity contribution in [2.75, 3.05) is 13.2 Å². The largest absolute Gasteiger partial charge is 0.508 e. The van der Waals surface area contributed by atoms with E-state index in [1.54, 1.807) is 13.8 Å². The van der Waals surface area contributed by atoms with Crippen molar-refractivity contribution >= 4 is 12.1 Å². The fourth-order valence-electron chi connectivity index (χ4n) is 1.33. The molecule has 0 spiro atoms. The first-order valence-electron chi connectivity index (χ1n) is 6.13. The fourth-order valence-corrected chi connectivity index (χ4v) is 1.33. The summed E-state index contributed by atoms with van der Waals surface area (Å²) in [6.45, 7) is 6.07. The Morgan fingerprint density at radius 2 is 1.71 bits per heavy atom. The first kappa shape index (κ1) is 15.7. The third-order valence-corrected chi connectivity index (χ3v) is 2.10. The third-order valence-electron chi connectivity index (χ3n) is 2.10. The zero-order valence-electron chi connectivity index (χ0n) is 10.9. The second kappa shape index (κ2) is 9.93. The van der Waals surface area contributed by atoms with Crippen molar-refractivity contribution in [3.63, 3.8) is 0 Å². The number of rotatable bonds is 8. The van der Waals surface area contributed by atoms with Gasteiger partial charge in [-0.05, 0) is 20.3 Å². The Labute approximate surface area is 102 Å². The van der Waals surface area contributed by atoms with E-state index in [1.807, 2.05) is 6.92 Å². The van der Waals surface area contributed by atoms with Gasteiger partial charge in [0.2, 0.25) is 0 Å². The summed E-state index contributed by atoms with van der Waals surface area (Å²) in [5, 5.41) is 0. The lowest BCUT2D eigenvalue weighted by Gasteiger charge is -2.16. The van der Waals surface area contributed by atoms with E-state index in [9.17, 15) is 9.59 Å². The minimum atomic E-state index is -0.724. The molecule has 5 nitrogen and oxygen atoms in total. The molecule has 0 rings (SSSR count). The lowest BCUT2D eigenvalue weighted by Crippen LogP contribution is -2.23. The Balaban J connectivity index is 4.12. The van der Waals surface area contributed by atoms with Crippen LogP contribution < -0.4 is 0 Å². The van der Waals surface area contributed by atoms with Crippen molar-refractivity contribution in [2.45, 2.75) is 52.6 Å². The molecule has 0 heterocycles. The molecule has 0 aromatic rings. The van der Waals surface area contributed by atoms with Gasteiger partial charge in [-0.1, -0.05) is 19.8 Å². The molecule has 0 saturated heterocycles. The molecule has 0 aromatic heterocycles. The van der Waals surface area contributed by atoms with Gasteiger partial charge in [0.25, 0.3) is 0 Å². The maximum Gasteiger partial charge on any atom is 0.508 e. The van der Waals surface area contributed by atoms with Gasteiger partial charge in [-0.2, -0.15) is 0 Å². The Morgan fingerprint density at radius 3 is 2.24 bits per heavy atom. The highest BCUT2D eigenvalue weighted by Crippen LogP contribution is 2.11. The molecule has 0 aromatic carbocycles. The highest BCUT2D eigenvalue weighted by molar-refractivity contribution is 5.70. The lowest BCUT2D eigenvalue weighted by atomic mass is 10.1. The quantitative estimate of drug-likeness (QED) is 0.616. The zero-order valence-corrected chi connectivity index (χ0v) is 10.9. The molecular weight excluding hydrogens is 224 g/mol. The van der Waals surface area contributed by atoms with Gasteiger partial charge in [-0.25, -0.2) is 4.79 Å². The van der Waals surface area contributed by atoms with Crippen molar-refractivity contribution in [1.82, 2.24) is 0 Å². The number of unbranched alkanes of at least 4 members (excludes halogenated alkanes) is 1. The monoisotopic (exact) mass is 246 g/mol. The molecule has 1 atom stereocenters. The van der Waals surface area contributed by atoms with Gasteiger partial charge in [0, 0.05) is 0 Å². The summed E-state index contributed by atoms with van der Waals surface area (Å²) in [6, 6.07) is 0. The van der Waals surface area contributed by atoms with Crippen LogP contribution in [0.3, 0.4) is 0 Å². The van der Waals surface area contributed by atoms with E-state index in [4.69, 9.17) is 9.47 Å². The fraction of sp³-hybridized carbons (Fsp3) is 0.833. The molecule has 0 fully saturated rings. The SMILES string of the molecule is CCCCC(CC(=O)OCC)OC(=O)OCC. The predicted molar refractivity (Wildman–Crippen MR) is 62.7 cm³/mol. The third kappa shape index (κ3) is 8.54. The Bertz CT molecular complexity index is 207. The van der Waals surface area contributed by atoms with E-state index in [-0.39, 0.29) is 19.0 Å². The zero-order chi connectivity index (χ0) is 13.1. The first-order valence-corrected chi connectivity index (χ1v) is 6.13. The van der Waals surface area contributed by atoms with Crippen LogP contribution >= 0.6 is 0 Å². The van der Waals surface area contributed by atoms with Crippen LogP contribution in [0.5, 0.6) is 0 Å². The summed E-state index contributed by atoms with van der Waals surface area (Å²) in [7, 11) is 0. The minimum Gasteiger partial charge on any atom is -0.466 e. The summed E-state index contributed by atoms with van der Waals surface area (Å²) >= 11 is 0. The van der Waals surface area contributed by atoms with Crippen LogP contribution in [-0.4, -0.2) is 31.4 Å². The van der Waals surface area contributed by atoms with E-state index < -0.39 is 12.3 Å². The van der Waals surface area contributed by atoms with Crippen molar-refractivity contribution in [3.05, 3.63) is 0 Å². The summed E-state index contributed by atoms with van der Waals surface area (Å²) < 4.78 is 14.6. The van der Waals surface area contributed by atoms with Crippen LogP contribution in [0.4, 0.5) is 4.79 Å². The molecule has 0 aliphatic carbocycles. The second-order valence-electron chi connectivity index (χ2n) is 3.57. The van der Waals surface area contributed by atoms with Crippen LogP contribution in [0.25, 0.3) is 0 Å². The number of ether oxygens (including phenoxy) is 3. The number of carbonyl (C=O) groups is 2. The Hall–Kier alpha value is -1.26. The first-order chi connectivity index (χ1) is 8.13. The summed E-state index contributed by atoms with van der Waals surface area (Å²) in [5.41, 5.74) is 0. The van der Waals surface area contributed by atoms with Crippen LogP contribution in [0, 0.1) is 0 Å². The summed E-state index contributed by atoms with van der Waals surface area (Å²) in [5.74, 6) is -0.349. The molecular formula is C12H22O5. The van der Waals surface area contributed by atoms with Gasteiger partial charge in [-0.15, -0.1) is 0 Å². The van der Waals surface area contributed by atoms with Gasteiger partial charge < -0.3 is 14.2 Å². The topological polar surface area (TPSA) is 61.8 Å². The Kier molecular flexibility index (Phi) is 9.19. The maximum atomic E-state index is 11.3. The number of hydrogen-bond acceptors (Lipinski definition) is 5. The summed E-state index contributed by atoms with van der Waals surface area (Å²) in [6.07, 6.45) is 1.43. The lowest BCUT2D eigenvalue weighted by molar-refractivity contribution is -0.145. The van der Waals surface area contributed by atoms with Crippen molar-refractivity contribution < 1.29 is 23.8 Å². The van der Waals surface area contributed by atoms with Crippen molar-refractivity contribution in [1.29, 1.82) is 0 Å². The van der Waals surface area contributed by atoms with E-state index in [0.29, 0.717) is 13.0 Å². The van der Waals surface area contributed by atoms with Crippen LogP contribution in [0.15, 0.2) is 0 Å². The molecule has 0 aliphatic heterocycles. The highest BCUT2D eigenvalue weighted by Gasteiger charge is 2.19. The van der Waals surface area contributed by atoms with E-state index in [0.717, 1.165) is 12.8 Å². The van der Waals surface area contributed by atoms with Gasteiger partial charge >= 0.3 is 12.1 Å². The number of esters is 1. The average molecular weight is 246 g/mol. The van der Waals surface area contributed by atoms with Crippen LogP contribution in [0.2, 0.25) is 0 Å². The second-order valence-corrected chi connectivity index (χ2v) is 3.57. The number of hydrogen-bond donors (Lipinski definition) is 0. The molecule has 0 amide bonds. The van der Waals surface area contributed by atoms with Crippen LogP contribution in [0.1, 0.15) is 46.5 Å². The molecule has 0 N–H and O–H groups in total. The average Bonchev–Trinajstić information content (AvgIpc) is 2.26. The normalized spacial score (nSPS) is 11.7. The summed E-state index contributed by atoms with van der Waals surface area (Å²) in [4.78, 5) is 22.5. The molecule has 0 aliphatic rings. The molecule has 17 heavy (non-hydrogen) atoms. The highest BCUT2D eigenvalue weighted by atomic mass is 16.7. The molecule has 1 unspecified atom stereocenters. The molecule has 100 valence electrons. The smallest absolute Gasteiger partial charge is 0.466 e. The van der Waals surface area contributed by atoms with Crippen LogP contribution in [-0.2, 0) is 19.0 Å². The van der Waals surface area contributed by atoms with Gasteiger partial charge in [-0.3, -0.25) is 4.79 Å². The van der Waals surface area contributed by atoms with Gasteiger partial charge in [0.05, 0.1) is 19.6 Å². The van der Waals surface area contributed by atoms with Gasteiger partial charge in [0.15, 0.2) is 0 Å². The minimum absolute atomic E-state index is 0.0899.